The van der Waals surface area contributed by atoms with Crippen LogP contribution in [0.2, 0.25) is 0 Å². The molecule has 0 bridgehead atoms. The molecule has 1 unspecified atom stereocenters. The molecule has 1 fully saturated rings. The lowest BCUT2D eigenvalue weighted by Gasteiger charge is -2.36. The number of carbonyl (C=O) groups excluding carboxylic acids is 3. The molecule has 0 aliphatic carbocycles. The Bertz CT molecular complexity index is 485. The predicted octanol–water partition coefficient (Wildman–Crippen LogP) is 1.50. The number of nitrogens with zero attached hydrogens (tertiary/aromatic N) is 1. The molecule has 1 aliphatic rings. The SMILES string of the molecule is CCCCCCCC(=O)NC(=S)N1CCNC(=O)C1CC(=O)OCC. The molecule has 0 saturated carbocycles. The molecular weight excluding hydrogens is 342 g/mol. The van der Waals surface area contributed by atoms with Crippen LogP contribution < -0.4 is 10.6 Å². The zero-order valence-electron chi connectivity index (χ0n) is 15.1. The summed E-state index contributed by atoms with van der Waals surface area (Å²) >= 11 is 5.28. The van der Waals surface area contributed by atoms with Gasteiger partial charge in [0.1, 0.15) is 6.04 Å². The maximum atomic E-state index is 12.1. The fraction of sp³-hybridized carbons (Fsp3) is 0.765. The van der Waals surface area contributed by atoms with E-state index in [1.165, 1.54) is 6.42 Å². The van der Waals surface area contributed by atoms with Crippen molar-refractivity contribution in [3.05, 3.63) is 0 Å². The van der Waals surface area contributed by atoms with Crippen molar-refractivity contribution in [1.82, 2.24) is 15.5 Å². The van der Waals surface area contributed by atoms with Crippen LogP contribution in [-0.4, -0.2) is 53.5 Å². The standard InChI is InChI=1S/C17H29N3O4S/c1-3-5-6-7-8-9-14(21)19-17(25)20-11-10-18-16(23)13(20)12-15(22)24-4-2/h13H,3-12H2,1-2H3,(H,18,23)(H,19,21,25). The van der Waals surface area contributed by atoms with Crippen molar-refractivity contribution in [3.8, 4) is 0 Å². The maximum absolute atomic E-state index is 12.1. The van der Waals surface area contributed by atoms with E-state index in [0.717, 1.165) is 25.7 Å². The number of unbranched alkanes of at least 4 members (excludes halogenated alkanes) is 4. The van der Waals surface area contributed by atoms with Crippen LogP contribution in [0.15, 0.2) is 0 Å². The fourth-order valence-corrected chi connectivity index (χ4v) is 3.01. The summed E-state index contributed by atoms with van der Waals surface area (Å²) in [4.78, 5) is 37.4. The third-order valence-corrected chi connectivity index (χ3v) is 4.35. The molecule has 142 valence electrons. The van der Waals surface area contributed by atoms with Gasteiger partial charge in [0.2, 0.25) is 11.8 Å². The van der Waals surface area contributed by atoms with E-state index in [9.17, 15) is 14.4 Å². The van der Waals surface area contributed by atoms with Crippen LogP contribution in [0.1, 0.15) is 58.8 Å². The van der Waals surface area contributed by atoms with Gasteiger partial charge in [0, 0.05) is 19.5 Å². The lowest BCUT2D eigenvalue weighted by atomic mass is 10.1. The number of nitrogens with one attached hydrogen (secondary N) is 2. The van der Waals surface area contributed by atoms with Gasteiger partial charge in [0.15, 0.2) is 5.11 Å². The molecule has 1 atom stereocenters. The zero-order chi connectivity index (χ0) is 18.7. The van der Waals surface area contributed by atoms with Gasteiger partial charge in [-0.3, -0.25) is 14.4 Å². The summed E-state index contributed by atoms with van der Waals surface area (Å²) < 4.78 is 4.91. The molecular formula is C17H29N3O4S. The van der Waals surface area contributed by atoms with Crippen LogP contribution in [0.4, 0.5) is 0 Å². The van der Waals surface area contributed by atoms with E-state index in [-0.39, 0.29) is 30.0 Å². The Balaban J connectivity index is 2.50. The number of amides is 2. The van der Waals surface area contributed by atoms with E-state index < -0.39 is 12.0 Å². The van der Waals surface area contributed by atoms with E-state index >= 15 is 0 Å². The highest BCUT2D eigenvalue weighted by molar-refractivity contribution is 7.80. The van der Waals surface area contributed by atoms with Crippen molar-refractivity contribution in [2.24, 2.45) is 0 Å². The largest absolute Gasteiger partial charge is 0.466 e. The minimum Gasteiger partial charge on any atom is -0.466 e. The molecule has 25 heavy (non-hydrogen) atoms. The van der Waals surface area contributed by atoms with Crippen LogP contribution in [0, 0.1) is 0 Å². The molecule has 7 nitrogen and oxygen atoms in total. The first-order chi connectivity index (χ1) is 12.0. The molecule has 1 saturated heterocycles. The number of piperazine rings is 1. The number of rotatable bonds is 9. The van der Waals surface area contributed by atoms with Gasteiger partial charge in [-0.15, -0.1) is 0 Å². The van der Waals surface area contributed by atoms with E-state index in [1.54, 1.807) is 11.8 Å². The van der Waals surface area contributed by atoms with Gasteiger partial charge >= 0.3 is 5.97 Å². The highest BCUT2D eigenvalue weighted by Crippen LogP contribution is 2.11. The van der Waals surface area contributed by atoms with E-state index in [1.807, 2.05) is 0 Å². The second-order valence-electron chi connectivity index (χ2n) is 6.03. The van der Waals surface area contributed by atoms with Gasteiger partial charge in [-0.2, -0.15) is 0 Å². The van der Waals surface area contributed by atoms with Gasteiger partial charge in [-0.1, -0.05) is 32.6 Å². The zero-order valence-corrected chi connectivity index (χ0v) is 16.0. The summed E-state index contributed by atoms with van der Waals surface area (Å²) in [5.74, 6) is -0.891. The van der Waals surface area contributed by atoms with Crippen molar-refractivity contribution in [1.29, 1.82) is 0 Å². The smallest absolute Gasteiger partial charge is 0.308 e. The van der Waals surface area contributed by atoms with Gasteiger partial charge in [-0.05, 0) is 25.6 Å². The Morgan fingerprint density at radius 2 is 2.00 bits per heavy atom. The summed E-state index contributed by atoms with van der Waals surface area (Å²) in [5.41, 5.74) is 0. The van der Waals surface area contributed by atoms with Gasteiger partial charge in [0.25, 0.3) is 0 Å². The number of thiocarbonyl (C=S) groups is 1. The molecule has 1 aliphatic heterocycles. The Labute approximate surface area is 154 Å². The Morgan fingerprint density at radius 3 is 2.68 bits per heavy atom. The number of hydrogen-bond acceptors (Lipinski definition) is 5. The Hall–Kier alpha value is -1.70. The number of esters is 1. The molecule has 0 aromatic heterocycles. The lowest BCUT2D eigenvalue weighted by molar-refractivity contribution is -0.147. The normalized spacial score (nSPS) is 17.0. The molecule has 8 heteroatoms. The van der Waals surface area contributed by atoms with E-state index in [0.29, 0.717) is 19.5 Å². The third kappa shape index (κ3) is 7.81. The monoisotopic (exact) mass is 371 g/mol. The molecule has 1 rings (SSSR count). The van der Waals surface area contributed by atoms with Crippen LogP contribution >= 0.6 is 12.2 Å². The number of hydrogen-bond donors (Lipinski definition) is 2. The van der Waals surface area contributed by atoms with E-state index in [2.05, 4.69) is 17.6 Å². The molecule has 1 heterocycles. The summed E-state index contributed by atoms with van der Waals surface area (Å²) in [6.07, 6.45) is 5.63. The highest BCUT2D eigenvalue weighted by Gasteiger charge is 2.34. The first-order valence-electron chi connectivity index (χ1n) is 9.03. The molecule has 2 N–H and O–H groups in total. The predicted molar refractivity (Wildman–Crippen MR) is 98.9 cm³/mol. The first-order valence-corrected chi connectivity index (χ1v) is 9.44. The molecule has 0 aromatic rings. The maximum Gasteiger partial charge on any atom is 0.308 e. The van der Waals surface area contributed by atoms with Crippen molar-refractivity contribution >= 4 is 35.1 Å². The average Bonchev–Trinajstić information content (AvgIpc) is 2.56. The van der Waals surface area contributed by atoms with Gasteiger partial charge in [-0.25, -0.2) is 0 Å². The minimum atomic E-state index is -0.745. The van der Waals surface area contributed by atoms with Crippen LogP contribution in [0.5, 0.6) is 0 Å². The summed E-state index contributed by atoms with van der Waals surface area (Å²) in [5, 5.41) is 5.59. The summed E-state index contributed by atoms with van der Waals surface area (Å²) in [6, 6.07) is -0.745. The van der Waals surface area contributed by atoms with Gasteiger partial charge in [0.05, 0.1) is 13.0 Å². The lowest BCUT2D eigenvalue weighted by Crippen LogP contribution is -2.60. The van der Waals surface area contributed by atoms with E-state index in [4.69, 9.17) is 17.0 Å². The second-order valence-corrected chi connectivity index (χ2v) is 6.41. The summed E-state index contributed by atoms with van der Waals surface area (Å²) in [7, 11) is 0. The van der Waals surface area contributed by atoms with Crippen molar-refractivity contribution < 1.29 is 19.1 Å². The molecule has 0 spiro atoms. The fourth-order valence-electron chi connectivity index (χ4n) is 2.68. The molecule has 2 amide bonds. The van der Waals surface area contributed by atoms with Crippen LogP contribution in [0.3, 0.4) is 0 Å². The van der Waals surface area contributed by atoms with Crippen molar-refractivity contribution in [3.63, 3.8) is 0 Å². The summed E-state index contributed by atoms with van der Waals surface area (Å²) in [6.45, 7) is 4.98. The highest BCUT2D eigenvalue weighted by atomic mass is 32.1. The van der Waals surface area contributed by atoms with Crippen molar-refractivity contribution in [2.45, 2.75) is 64.8 Å². The quantitative estimate of drug-likeness (QED) is 0.363. The Morgan fingerprint density at radius 1 is 1.28 bits per heavy atom. The molecule has 0 radical (unpaired) electrons. The molecule has 0 aromatic carbocycles. The third-order valence-electron chi connectivity index (χ3n) is 4.01. The average molecular weight is 372 g/mol. The first kappa shape index (κ1) is 21.3. The topological polar surface area (TPSA) is 87.7 Å². The van der Waals surface area contributed by atoms with Gasteiger partial charge < -0.3 is 20.3 Å². The van der Waals surface area contributed by atoms with Crippen molar-refractivity contribution in [2.75, 3.05) is 19.7 Å². The minimum absolute atomic E-state index is 0.0906. The van der Waals surface area contributed by atoms with Crippen LogP contribution in [-0.2, 0) is 19.1 Å². The Kier molecular flexibility index (Phi) is 10.1. The number of ether oxygens (including phenoxy) is 1. The van der Waals surface area contributed by atoms with Crippen LogP contribution in [0.25, 0.3) is 0 Å². The number of carbonyl (C=O) groups is 3. The second kappa shape index (κ2) is 11.8.